The number of ether oxygens (including phenoxy) is 1. The third-order valence-corrected chi connectivity index (χ3v) is 3.17. The number of nitrogens with two attached hydrogens (primary N) is 1. The van der Waals surface area contributed by atoms with E-state index in [0.29, 0.717) is 17.3 Å². The zero-order chi connectivity index (χ0) is 13.1. The third-order valence-electron chi connectivity index (χ3n) is 3.17. The minimum absolute atomic E-state index is 0.0141. The molecule has 2 heterocycles. The Bertz CT molecular complexity index is 448. The number of aryl methyl sites for hydroxylation is 1. The summed E-state index contributed by atoms with van der Waals surface area (Å²) in [6.45, 7) is 4.42. The van der Waals surface area contributed by atoms with Gasteiger partial charge in [-0.05, 0) is 13.3 Å². The highest BCUT2D eigenvalue weighted by atomic mass is 16.5. The predicted molar refractivity (Wildman–Crippen MR) is 70.0 cm³/mol. The van der Waals surface area contributed by atoms with Crippen molar-refractivity contribution < 1.29 is 4.74 Å². The maximum Gasteiger partial charge on any atom is 0.143 e. The van der Waals surface area contributed by atoms with Crippen molar-refractivity contribution in [3.8, 4) is 0 Å². The lowest BCUT2D eigenvalue weighted by Crippen LogP contribution is -2.26. The van der Waals surface area contributed by atoms with Crippen LogP contribution in [0, 0.1) is 18.3 Å². The van der Waals surface area contributed by atoms with Gasteiger partial charge in [0.15, 0.2) is 0 Å². The van der Waals surface area contributed by atoms with Gasteiger partial charge in [-0.2, -0.15) is 0 Å². The van der Waals surface area contributed by atoms with Crippen LogP contribution in [0.4, 0.5) is 5.82 Å². The van der Waals surface area contributed by atoms with Crippen LogP contribution in [0.25, 0.3) is 0 Å². The second-order valence-electron chi connectivity index (χ2n) is 4.62. The number of aromatic nitrogens is 2. The maximum atomic E-state index is 7.59. The molecule has 0 aliphatic carbocycles. The summed E-state index contributed by atoms with van der Waals surface area (Å²) < 4.78 is 5.19. The summed E-state index contributed by atoms with van der Waals surface area (Å²) in [5, 5.41) is 7.59. The molecular weight excluding hydrogens is 230 g/mol. The summed E-state index contributed by atoms with van der Waals surface area (Å²) in [4.78, 5) is 10.7. The number of anilines is 1. The first kappa shape index (κ1) is 12.8. The van der Waals surface area contributed by atoms with E-state index in [-0.39, 0.29) is 5.84 Å². The Balaban J connectivity index is 2.23. The van der Waals surface area contributed by atoms with Gasteiger partial charge in [-0.25, -0.2) is 9.97 Å². The van der Waals surface area contributed by atoms with Crippen LogP contribution in [0.3, 0.4) is 0 Å². The topological polar surface area (TPSA) is 88.1 Å². The van der Waals surface area contributed by atoms with Crippen LogP contribution >= 0.6 is 0 Å². The van der Waals surface area contributed by atoms with Gasteiger partial charge in [0.05, 0.1) is 12.2 Å². The second-order valence-corrected chi connectivity index (χ2v) is 4.62. The molecule has 0 bridgehead atoms. The lowest BCUT2D eigenvalue weighted by molar-refractivity contribution is 0.161. The van der Waals surface area contributed by atoms with Crippen LogP contribution in [0.1, 0.15) is 17.8 Å². The zero-order valence-corrected chi connectivity index (χ0v) is 10.8. The van der Waals surface area contributed by atoms with Crippen molar-refractivity contribution >= 4 is 11.7 Å². The molecule has 1 aliphatic heterocycles. The summed E-state index contributed by atoms with van der Waals surface area (Å²) in [5.74, 6) is 2.00. The number of nitrogens with one attached hydrogen (secondary N) is 1. The lowest BCUT2D eigenvalue weighted by atomic mass is 10.1. The molecule has 1 fully saturated rings. The van der Waals surface area contributed by atoms with Gasteiger partial charge in [0.25, 0.3) is 0 Å². The number of nitrogen functional groups attached to an aromatic ring is 1. The predicted octanol–water partition coefficient (Wildman–Crippen LogP) is 0.542. The SMILES string of the molecule is COCC1CCN(c2nc(C)ncc2C(=N)N)C1. The molecule has 0 radical (unpaired) electrons. The molecule has 98 valence electrons. The van der Waals surface area contributed by atoms with Gasteiger partial charge in [0, 0.05) is 32.3 Å². The Labute approximate surface area is 107 Å². The monoisotopic (exact) mass is 249 g/mol. The van der Waals surface area contributed by atoms with Crippen molar-refractivity contribution in [2.75, 3.05) is 31.7 Å². The van der Waals surface area contributed by atoms with Crippen LogP contribution in [-0.4, -0.2) is 42.6 Å². The summed E-state index contributed by atoms with van der Waals surface area (Å²) in [5.41, 5.74) is 6.19. The minimum atomic E-state index is 0.0141. The highest BCUT2D eigenvalue weighted by Gasteiger charge is 2.26. The molecule has 18 heavy (non-hydrogen) atoms. The van der Waals surface area contributed by atoms with Gasteiger partial charge in [0.1, 0.15) is 17.5 Å². The Morgan fingerprint density at radius 3 is 3.11 bits per heavy atom. The fraction of sp³-hybridized carbons (Fsp3) is 0.583. The molecule has 1 aromatic rings. The van der Waals surface area contributed by atoms with Crippen LogP contribution in [0.5, 0.6) is 0 Å². The average molecular weight is 249 g/mol. The number of rotatable bonds is 4. The summed E-state index contributed by atoms with van der Waals surface area (Å²) >= 11 is 0. The van der Waals surface area contributed by atoms with Gasteiger partial charge in [-0.1, -0.05) is 0 Å². The molecule has 0 aromatic carbocycles. The first-order valence-electron chi connectivity index (χ1n) is 6.03. The zero-order valence-electron chi connectivity index (χ0n) is 10.8. The molecule has 1 aromatic heterocycles. The quantitative estimate of drug-likeness (QED) is 0.600. The second kappa shape index (κ2) is 5.30. The number of hydrogen-bond donors (Lipinski definition) is 2. The largest absolute Gasteiger partial charge is 0.384 e. The van der Waals surface area contributed by atoms with Gasteiger partial charge < -0.3 is 15.4 Å². The van der Waals surface area contributed by atoms with Gasteiger partial charge in [-0.3, -0.25) is 5.41 Å². The van der Waals surface area contributed by atoms with Crippen molar-refractivity contribution in [1.29, 1.82) is 5.41 Å². The smallest absolute Gasteiger partial charge is 0.143 e. The molecular formula is C12H19N5O. The van der Waals surface area contributed by atoms with E-state index in [2.05, 4.69) is 14.9 Å². The standard InChI is InChI=1S/C12H19N5O/c1-8-15-5-10(11(13)14)12(16-8)17-4-3-9(6-17)7-18-2/h5,9H,3-4,6-7H2,1-2H3,(H3,13,14). The normalized spacial score (nSPS) is 19.2. The highest BCUT2D eigenvalue weighted by molar-refractivity contribution is 5.99. The van der Waals surface area contributed by atoms with Crippen LogP contribution < -0.4 is 10.6 Å². The van der Waals surface area contributed by atoms with E-state index in [1.165, 1.54) is 0 Å². The third kappa shape index (κ3) is 2.59. The molecule has 0 amide bonds. The number of methoxy groups -OCH3 is 1. The molecule has 0 saturated carbocycles. The van der Waals surface area contributed by atoms with Crippen molar-refractivity contribution in [1.82, 2.24) is 9.97 Å². The van der Waals surface area contributed by atoms with Crippen molar-refractivity contribution in [2.45, 2.75) is 13.3 Å². The van der Waals surface area contributed by atoms with Crippen molar-refractivity contribution in [2.24, 2.45) is 11.7 Å². The average Bonchev–Trinajstić information content (AvgIpc) is 2.77. The minimum Gasteiger partial charge on any atom is -0.384 e. The molecule has 1 atom stereocenters. The number of hydrogen-bond acceptors (Lipinski definition) is 5. The fourth-order valence-electron chi connectivity index (χ4n) is 2.29. The van der Waals surface area contributed by atoms with E-state index in [1.807, 2.05) is 6.92 Å². The molecule has 1 saturated heterocycles. The number of amidine groups is 1. The lowest BCUT2D eigenvalue weighted by Gasteiger charge is -2.20. The Morgan fingerprint density at radius 1 is 1.67 bits per heavy atom. The summed E-state index contributed by atoms with van der Waals surface area (Å²) in [6.07, 6.45) is 2.71. The van der Waals surface area contributed by atoms with E-state index in [1.54, 1.807) is 13.3 Å². The Morgan fingerprint density at radius 2 is 2.44 bits per heavy atom. The molecule has 0 spiro atoms. The van der Waals surface area contributed by atoms with Crippen LogP contribution in [-0.2, 0) is 4.74 Å². The van der Waals surface area contributed by atoms with Crippen molar-refractivity contribution in [3.63, 3.8) is 0 Å². The van der Waals surface area contributed by atoms with Gasteiger partial charge in [-0.15, -0.1) is 0 Å². The first-order chi connectivity index (χ1) is 8.61. The molecule has 3 N–H and O–H groups in total. The van der Waals surface area contributed by atoms with E-state index in [9.17, 15) is 0 Å². The van der Waals surface area contributed by atoms with Crippen LogP contribution in [0.15, 0.2) is 6.20 Å². The van der Waals surface area contributed by atoms with Gasteiger partial charge in [0.2, 0.25) is 0 Å². The summed E-state index contributed by atoms with van der Waals surface area (Å²) in [6, 6.07) is 0. The van der Waals surface area contributed by atoms with E-state index < -0.39 is 0 Å². The summed E-state index contributed by atoms with van der Waals surface area (Å²) in [7, 11) is 1.72. The van der Waals surface area contributed by atoms with Gasteiger partial charge >= 0.3 is 0 Å². The van der Waals surface area contributed by atoms with E-state index >= 15 is 0 Å². The molecule has 6 heteroatoms. The molecule has 1 unspecified atom stereocenters. The molecule has 2 rings (SSSR count). The van der Waals surface area contributed by atoms with Crippen molar-refractivity contribution in [3.05, 3.63) is 17.6 Å². The molecule has 1 aliphatic rings. The Hall–Kier alpha value is -1.69. The number of nitrogens with zero attached hydrogens (tertiary/aromatic N) is 3. The molecule has 6 nitrogen and oxygen atoms in total. The maximum absolute atomic E-state index is 7.59. The van der Waals surface area contributed by atoms with E-state index in [4.69, 9.17) is 15.9 Å². The highest BCUT2D eigenvalue weighted by Crippen LogP contribution is 2.25. The van der Waals surface area contributed by atoms with Crippen LogP contribution in [0.2, 0.25) is 0 Å². The van der Waals surface area contributed by atoms with E-state index in [0.717, 1.165) is 31.9 Å². The fourth-order valence-corrected chi connectivity index (χ4v) is 2.29. The first-order valence-corrected chi connectivity index (χ1v) is 6.03. The Kier molecular flexibility index (Phi) is 3.76.